The highest BCUT2D eigenvalue weighted by Gasteiger charge is 2.29. The number of ether oxygens (including phenoxy) is 1. The van der Waals surface area contributed by atoms with E-state index in [1.54, 1.807) is 0 Å². The van der Waals surface area contributed by atoms with Crippen molar-refractivity contribution in [1.29, 1.82) is 0 Å². The van der Waals surface area contributed by atoms with Gasteiger partial charge in [-0.1, -0.05) is 212 Å². The second-order valence-corrected chi connectivity index (χ2v) is 18.4. The minimum atomic E-state index is -0.359. The predicted octanol–water partition coefficient (Wildman–Crippen LogP) is 15.2. The molecule has 0 fully saturated rings. The molecule has 3 heterocycles. The Hall–Kier alpha value is -8.42. The van der Waals surface area contributed by atoms with Gasteiger partial charge in [0.15, 0.2) is 34.9 Å². The molecule has 9 aromatic rings. The monoisotopic (exact) mass is 896 g/mol. The maximum atomic E-state index is 7.02. The van der Waals surface area contributed by atoms with Gasteiger partial charge in [-0.3, -0.25) is 0 Å². The Kier molecular flexibility index (Phi) is 12.0. The van der Waals surface area contributed by atoms with Crippen LogP contribution in [0, 0.1) is 27.7 Å². The van der Waals surface area contributed by atoms with Crippen LogP contribution in [0.4, 0.5) is 0 Å². The number of rotatable bonds is 8. The third-order valence-corrected chi connectivity index (χ3v) is 13.0. The summed E-state index contributed by atoms with van der Waals surface area (Å²) in [6, 6.07) is 56.3. The van der Waals surface area contributed by atoms with Crippen molar-refractivity contribution in [2.24, 2.45) is 0 Å². The minimum Gasteiger partial charge on any atom is -0.463 e. The molecule has 7 aromatic carbocycles. The van der Waals surface area contributed by atoms with E-state index < -0.39 is 0 Å². The highest BCUT2D eigenvalue weighted by atomic mass is 16.5. The molecule has 336 valence electrons. The zero-order valence-corrected chi connectivity index (χ0v) is 40.0. The molecule has 1 aliphatic rings. The van der Waals surface area contributed by atoms with Crippen LogP contribution >= 0.6 is 0 Å². The molecule has 0 bridgehead atoms. The summed E-state index contributed by atoms with van der Waals surface area (Å²) in [4.78, 5) is 30.2. The van der Waals surface area contributed by atoms with E-state index in [9.17, 15) is 0 Å². The predicted molar refractivity (Wildman–Crippen MR) is 281 cm³/mol. The average Bonchev–Trinajstić information content (AvgIpc) is 3.37. The van der Waals surface area contributed by atoms with Crippen LogP contribution in [0.2, 0.25) is 0 Å². The molecule has 2 aromatic heterocycles. The van der Waals surface area contributed by atoms with Gasteiger partial charge in [0, 0.05) is 55.5 Å². The van der Waals surface area contributed by atoms with Crippen molar-refractivity contribution in [3.8, 4) is 85.2 Å². The van der Waals surface area contributed by atoms with E-state index in [0.29, 0.717) is 34.9 Å². The fourth-order valence-corrected chi connectivity index (χ4v) is 8.43. The smallest absolute Gasteiger partial charge is 0.164 e. The fraction of sp³-hybridized carbons (Fsp3) is 0.129. The molecule has 0 atom stereocenters. The van der Waals surface area contributed by atoms with Gasteiger partial charge in [-0.05, 0) is 57.9 Å². The fourth-order valence-electron chi connectivity index (χ4n) is 8.43. The minimum absolute atomic E-state index is 0.359. The van der Waals surface area contributed by atoms with Crippen molar-refractivity contribution in [3.05, 3.63) is 227 Å². The molecular formula is C62H52N6O. The molecule has 10 rings (SSSR count). The molecular weight excluding hydrogens is 845 g/mol. The standard InChI is InChI=1S/C62H52N6O/c1-39-20-28-44(29-21-39)56-63-57(45-30-22-40(2)23-31-45)66-60(65-56)50-15-9-13-48(36-50)52-17-8-12-43(5)62(6,7)54-19-11-18-53(55(54)69-38-52)49-14-10-16-51(37-49)61-67-58(46-32-24-41(3)25-33-46)64-59(68-61)47-34-26-42(4)27-35-47/h8-38H,1-7H3/b17-8-,43-12+,52-38-. The third-order valence-electron chi connectivity index (χ3n) is 13.0. The Morgan fingerprint density at radius 2 is 0.739 bits per heavy atom. The Labute approximate surface area is 404 Å². The molecule has 1 aliphatic heterocycles. The number of allylic oxidation sites excluding steroid dienone is 5. The van der Waals surface area contributed by atoms with E-state index in [2.05, 4.69) is 224 Å². The first kappa shape index (κ1) is 44.4. The number of fused-ring (bicyclic) bond motifs is 1. The van der Waals surface area contributed by atoms with E-state index in [0.717, 1.165) is 67.0 Å². The summed E-state index contributed by atoms with van der Waals surface area (Å²) in [5.41, 5.74) is 15.8. The van der Waals surface area contributed by atoms with Crippen molar-refractivity contribution in [3.63, 3.8) is 0 Å². The first-order valence-corrected chi connectivity index (χ1v) is 23.3. The van der Waals surface area contributed by atoms with Crippen molar-refractivity contribution in [2.75, 3.05) is 0 Å². The van der Waals surface area contributed by atoms with Gasteiger partial charge >= 0.3 is 0 Å². The maximum Gasteiger partial charge on any atom is 0.164 e. The lowest BCUT2D eigenvalue weighted by molar-refractivity contribution is 0.462. The second kappa shape index (κ2) is 18.7. The highest BCUT2D eigenvalue weighted by Crippen LogP contribution is 2.44. The van der Waals surface area contributed by atoms with Gasteiger partial charge in [0.25, 0.3) is 0 Å². The Morgan fingerprint density at radius 1 is 0.377 bits per heavy atom. The summed E-state index contributed by atoms with van der Waals surface area (Å²) in [6.45, 7) is 15.0. The normalized spacial score (nSPS) is 15.2. The number of hydrogen-bond donors (Lipinski definition) is 0. The molecule has 0 unspecified atom stereocenters. The zero-order valence-electron chi connectivity index (χ0n) is 40.0. The number of aryl methyl sites for hydroxylation is 4. The van der Waals surface area contributed by atoms with Crippen molar-refractivity contribution in [2.45, 2.75) is 53.9 Å². The largest absolute Gasteiger partial charge is 0.463 e. The van der Waals surface area contributed by atoms with Crippen LogP contribution in [-0.2, 0) is 5.41 Å². The third kappa shape index (κ3) is 9.45. The van der Waals surface area contributed by atoms with Crippen LogP contribution in [0.3, 0.4) is 0 Å². The van der Waals surface area contributed by atoms with Crippen LogP contribution in [0.1, 0.15) is 54.2 Å². The number of aromatic nitrogens is 6. The molecule has 0 spiro atoms. The lowest BCUT2D eigenvalue weighted by Gasteiger charge is -2.30. The van der Waals surface area contributed by atoms with Crippen molar-refractivity contribution in [1.82, 2.24) is 29.9 Å². The SMILES string of the molecule is C\C1=C/C=C\C(c2cccc(-c3nc(-c4ccc(C)cc4)nc(-c4ccc(C)cc4)n3)c2)=C\Oc2c(-c3cccc(-c4nc(-c5ccc(C)cc5)nc(-c5ccc(C)cc5)n4)c3)cccc2C1(C)C. The second-order valence-electron chi connectivity index (χ2n) is 18.4. The summed E-state index contributed by atoms with van der Waals surface area (Å²) in [6.07, 6.45) is 8.28. The van der Waals surface area contributed by atoms with Crippen LogP contribution < -0.4 is 4.74 Å². The van der Waals surface area contributed by atoms with Gasteiger partial charge < -0.3 is 4.74 Å². The van der Waals surface area contributed by atoms with E-state index in [4.69, 9.17) is 34.6 Å². The Morgan fingerprint density at radius 3 is 1.17 bits per heavy atom. The van der Waals surface area contributed by atoms with Crippen LogP contribution in [0.25, 0.3) is 85.0 Å². The quantitative estimate of drug-likeness (QED) is 0.150. The Bertz CT molecular complexity index is 3330. The average molecular weight is 897 g/mol. The van der Waals surface area contributed by atoms with E-state index in [1.807, 2.05) is 12.3 Å². The van der Waals surface area contributed by atoms with Crippen molar-refractivity contribution >= 4 is 5.57 Å². The van der Waals surface area contributed by atoms with Gasteiger partial charge in [0.2, 0.25) is 0 Å². The molecule has 7 heteroatoms. The molecule has 0 N–H and O–H groups in total. The van der Waals surface area contributed by atoms with Crippen LogP contribution in [-0.4, -0.2) is 29.9 Å². The van der Waals surface area contributed by atoms with E-state index in [1.165, 1.54) is 27.8 Å². The number of benzene rings is 7. The first-order chi connectivity index (χ1) is 33.4. The molecule has 7 nitrogen and oxygen atoms in total. The summed E-state index contributed by atoms with van der Waals surface area (Å²) in [5.74, 6) is 4.43. The van der Waals surface area contributed by atoms with Gasteiger partial charge in [-0.25, -0.2) is 29.9 Å². The van der Waals surface area contributed by atoms with Gasteiger partial charge in [-0.2, -0.15) is 0 Å². The molecule has 0 amide bonds. The van der Waals surface area contributed by atoms with Gasteiger partial charge in [-0.15, -0.1) is 0 Å². The highest BCUT2D eigenvalue weighted by molar-refractivity contribution is 5.81. The number of nitrogens with zero attached hydrogens (tertiary/aromatic N) is 6. The summed E-state index contributed by atoms with van der Waals surface area (Å²) in [5, 5.41) is 0. The summed E-state index contributed by atoms with van der Waals surface area (Å²) in [7, 11) is 0. The topological polar surface area (TPSA) is 86.6 Å². The van der Waals surface area contributed by atoms with Crippen LogP contribution in [0.15, 0.2) is 194 Å². The molecule has 0 saturated heterocycles. The lowest BCUT2D eigenvalue weighted by atomic mass is 9.76. The molecule has 0 aliphatic carbocycles. The molecule has 0 radical (unpaired) electrons. The maximum absolute atomic E-state index is 7.02. The molecule has 0 saturated carbocycles. The van der Waals surface area contributed by atoms with Gasteiger partial charge in [0.05, 0.1) is 6.26 Å². The van der Waals surface area contributed by atoms with Crippen molar-refractivity contribution < 1.29 is 4.74 Å². The first-order valence-electron chi connectivity index (χ1n) is 23.3. The van der Waals surface area contributed by atoms with Crippen LogP contribution in [0.5, 0.6) is 5.75 Å². The number of para-hydroxylation sites is 1. The Balaban J connectivity index is 1.06. The van der Waals surface area contributed by atoms with E-state index in [-0.39, 0.29) is 5.41 Å². The van der Waals surface area contributed by atoms with Gasteiger partial charge in [0.1, 0.15) is 5.75 Å². The van der Waals surface area contributed by atoms with E-state index >= 15 is 0 Å². The summed E-state index contributed by atoms with van der Waals surface area (Å²) >= 11 is 0. The zero-order chi connectivity index (χ0) is 47.6. The molecule has 69 heavy (non-hydrogen) atoms. The number of hydrogen-bond acceptors (Lipinski definition) is 7. The summed E-state index contributed by atoms with van der Waals surface area (Å²) < 4.78 is 7.02. The lowest BCUT2D eigenvalue weighted by Crippen LogP contribution is -2.20.